The molecule has 27 heavy (non-hydrogen) atoms. The maximum Gasteiger partial charge on any atom is 0.344 e. The standard InChI is InChI=1S/C17H26N2O7S/c1-11-15(12(2)26-18-11)27(22,23)19-8-6-7-13(9-19)16(21)24-10-14(20)25-17(3,4)5/h13H,6-10H2,1-5H3. The van der Waals surface area contributed by atoms with Crippen LogP contribution in [0.3, 0.4) is 0 Å². The largest absolute Gasteiger partial charge is 0.457 e. The lowest BCUT2D eigenvalue weighted by atomic mass is 10.0. The third-order valence-corrected chi connectivity index (χ3v) is 6.15. The van der Waals surface area contributed by atoms with Crippen molar-refractivity contribution >= 4 is 22.0 Å². The summed E-state index contributed by atoms with van der Waals surface area (Å²) in [5.41, 5.74) is -0.393. The van der Waals surface area contributed by atoms with E-state index in [1.54, 1.807) is 27.7 Å². The van der Waals surface area contributed by atoms with E-state index in [-0.39, 0.29) is 22.9 Å². The summed E-state index contributed by atoms with van der Waals surface area (Å²) in [6.45, 7) is 8.01. The SMILES string of the molecule is Cc1noc(C)c1S(=O)(=O)N1CCCC(C(=O)OCC(=O)OC(C)(C)C)C1. The number of nitrogens with zero attached hydrogens (tertiary/aromatic N) is 2. The molecule has 1 aromatic rings. The summed E-state index contributed by atoms with van der Waals surface area (Å²) in [5.74, 6) is -1.69. The van der Waals surface area contributed by atoms with E-state index in [1.807, 2.05) is 0 Å². The van der Waals surface area contributed by atoms with E-state index in [2.05, 4.69) is 5.16 Å². The third-order valence-electron chi connectivity index (χ3n) is 4.04. The van der Waals surface area contributed by atoms with Gasteiger partial charge < -0.3 is 14.0 Å². The molecule has 0 saturated carbocycles. The van der Waals surface area contributed by atoms with Gasteiger partial charge in [-0.2, -0.15) is 4.31 Å². The molecule has 0 N–H and O–H groups in total. The molecule has 0 bridgehead atoms. The first-order chi connectivity index (χ1) is 12.4. The number of esters is 2. The van der Waals surface area contributed by atoms with E-state index in [1.165, 1.54) is 11.2 Å². The monoisotopic (exact) mass is 402 g/mol. The molecule has 2 heterocycles. The Hall–Kier alpha value is -1.94. The highest BCUT2D eigenvalue weighted by molar-refractivity contribution is 7.89. The molecule has 0 spiro atoms. The first kappa shape index (κ1) is 21.4. The Bertz CT molecular complexity index is 788. The number of carbonyl (C=O) groups excluding carboxylic acids is 2. The van der Waals surface area contributed by atoms with Gasteiger partial charge in [0.15, 0.2) is 12.4 Å². The molecule has 0 radical (unpaired) electrons. The van der Waals surface area contributed by atoms with Gasteiger partial charge in [0.05, 0.1) is 5.92 Å². The van der Waals surface area contributed by atoms with Crippen molar-refractivity contribution in [1.82, 2.24) is 9.46 Å². The van der Waals surface area contributed by atoms with Crippen LogP contribution in [0.1, 0.15) is 45.1 Å². The first-order valence-corrected chi connectivity index (χ1v) is 10.2. The van der Waals surface area contributed by atoms with E-state index < -0.39 is 40.1 Å². The van der Waals surface area contributed by atoms with Crippen LogP contribution in [-0.2, 0) is 29.1 Å². The van der Waals surface area contributed by atoms with Crippen molar-refractivity contribution in [3.05, 3.63) is 11.5 Å². The summed E-state index contributed by atoms with van der Waals surface area (Å²) in [4.78, 5) is 24.0. The number of aromatic nitrogens is 1. The molecular weight excluding hydrogens is 376 g/mol. The number of hydrogen-bond donors (Lipinski definition) is 0. The van der Waals surface area contributed by atoms with Crippen LogP contribution in [-0.4, -0.2) is 55.1 Å². The minimum absolute atomic E-state index is 0.0143. The molecule has 0 aliphatic carbocycles. The van der Waals surface area contributed by atoms with Crippen LogP contribution in [0, 0.1) is 19.8 Å². The van der Waals surface area contributed by atoms with Crippen molar-refractivity contribution in [2.75, 3.05) is 19.7 Å². The average molecular weight is 402 g/mol. The van der Waals surface area contributed by atoms with Gasteiger partial charge in [-0.05, 0) is 47.5 Å². The number of carbonyl (C=O) groups is 2. The average Bonchev–Trinajstić information content (AvgIpc) is 2.90. The molecule has 1 aliphatic rings. The number of rotatable bonds is 5. The summed E-state index contributed by atoms with van der Waals surface area (Å²) < 4.78 is 42.1. The molecule has 1 unspecified atom stereocenters. The van der Waals surface area contributed by atoms with Crippen LogP contribution in [0.15, 0.2) is 9.42 Å². The minimum atomic E-state index is -3.82. The highest BCUT2D eigenvalue weighted by Gasteiger charge is 2.37. The molecule has 10 heteroatoms. The predicted octanol–water partition coefficient (Wildman–Crippen LogP) is 1.58. The molecule has 1 aliphatic heterocycles. The zero-order valence-corrected chi connectivity index (χ0v) is 17.1. The predicted molar refractivity (Wildman–Crippen MR) is 94.3 cm³/mol. The van der Waals surface area contributed by atoms with Gasteiger partial charge in [0, 0.05) is 13.1 Å². The van der Waals surface area contributed by atoms with E-state index in [9.17, 15) is 18.0 Å². The quantitative estimate of drug-likeness (QED) is 0.682. The molecule has 1 atom stereocenters. The van der Waals surface area contributed by atoms with Gasteiger partial charge in [0.1, 0.15) is 16.2 Å². The highest BCUT2D eigenvalue weighted by Crippen LogP contribution is 2.28. The van der Waals surface area contributed by atoms with Gasteiger partial charge in [-0.25, -0.2) is 13.2 Å². The van der Waals surface area contributed by atoms with Gasteiger partial charge in [-0.3, -0.25) is 4.79 Å². The van der Waals surface area contributed by atoms with Crippen molar-refractivity contribution in [1.29, 1.82) is 0 Å². The summed E-state index contributed by atoms with van der Waals surface area (Å²) in [7, 11) is -3.82. The number of ether oxygens (including phenoxy) is 2. The van der Waals surface area contributed by atoms with E-state index in [0.717, 1.165) is 0 Å². The van der Waals surface area contributed by atoms with Crippen molar-refractivity contribution in [3.63, 3.8) is 0 Å². The molecule has 2 rings (SSSR count). The smallest absolute Gasteiger partial charge is 0.344 e. The van der Waals surface area contributed by atoms with Crippen LogP contribution in [0.5, 0.6) is 0 Å². The summed E-state index contributed by atoms with van der Waals surface area (Å²) >= 11 is 0. The highest BCUT2D eigenvalue weighted by atomic mass is 32.2. The van der Waals surface area contributed by atoms with Gasteiger partial charge in [0.2, 0.25) is 10.0 Å². The Morgan fingerprint density at radius 3 is 2.52 bits per heavy atom. The summed E-state index contributed by atoms with van der Waals surface area (Å²) in [6.07, 6.45) is 0.996. The van der Waals surface area contributed by atoms with Crippen LogP contribution in [0.25, 0.3) is 0 Å². The molecule has 1 aromatic heterocycles. The fourth-order valence-corrected chi connectivity index (χ4v) is 4.76. The lowest BCUT2D eigenvalue weighted by molar-refractivity contribution is -0.168. The van der Waals surface area contributed by atoms with Crippen molar-refractivity contribution < 1.29 is 32.0 Å². The molecule has 9 nitrogen and oxygen atoms in total. The van der Waals surface area contributed by atoms with E-state index >= 15 is 0 Å². The van der Waals surface area contributed by atoms with Crippen LogP contribution in [0.2, 0.25) is 0 Å². The van der Waals surface area contributed by atoms with Gasteiger partial charge in [-0.15, -0.1) is 0 Å². The van der Waals surface area contributed by atoms with Crippen LogP contribution in [0.4, 0.5) is 0 Å². The second kappa shape index (κ2) is 7.97. The zero-order chi connectivity index (χ0) is 20.4. The lowest BCUT2D eigenvalue weighted by Gasteiger charge is -2.30. The topological polar surface area (TPSA) is 116 Å². The molecular formula is C17H26N2O7S. The number of aryl methyl sites for hydroxylation is 2. The fraction of sp³-hybridized carbons (Fsp3) is 0.706. The van der Waals surface area contributed by atoms with Crippen molar-refractivity contribution in [2.24, 2.45) is 5.92 Å². The van der Waals surface area contributed by atoms with Crippen LogP contribution < -0.4 is 0 Å². The first-order valence-electron chi connectivity index (χ1n) is 8.73. The molecule has 0 amide bonds. The summed E-state index contributed by atoms with van der Waals surface area (Å²) in [6, 6.07) is 0. The normalized spacial score (nSPS) is 18.9. The Balaban J connectivity index is 2.01. The van der Waals surface area contributed by atoms with E-state index in [0.29, 0.717) is 19.4 Å². The maximum atomic E-state index is 12.9. The van der Waals surface area contributed by atoms with Crippen molar-refractivity contribution in [2.45, 2.75) is 58.0 Å². The van der Waals surface area contributed by atoms with Crippen LogP contribution >= 0.6 is 0 Å². The fourth-order valence-electron chi connectivity index (χ4n) is 2.94. The minimum Gasteiger partial charge on any atom is -0.457 e. The van der Waals surface area contributed by atoms with E-state index in [4.69, 9.17) is 14.0 Å². The number of sulfonamides is 1. The number of hydrogen-bond acceptors (Lipinski definition) is 8. The van der Waals surface area contributed by atoms with Crippen molar-refractivity contribution in [3.8, 4) is 0 Å². The number of piperidine rings is 1. The molecule has 152 valence electrons. The van der Waals surface area contributed by atoms with Gasteiger partial charge in [-0.1, -0.05) is 5.16 Å². The molecule has 1 fully saturated rings. The van der Waals surface area contributed by atoms with Gasteiger partial charge >= 0.3 is 11.9 Å². The summed E-state index contributed by atoms with van der Waals surface area (Å²) in [5, 5.41) is 3.69. The second-order valence-electron chi connectivity index (χ2n) is 7.55. The second-order valence-corrected chi connectivity index (χ2v) is 9.42. The molecule has 0 aromatic carbocycles. The molecule has 1 saturated heterocycles. The lowest BCUT2D eigenvalue weighted by Crippen LogP contribution is -2.43. The zero-order valence-electron chi connectivity index (χ0n) is 16.3. The Morgan fingerprint density at radius 1 is 1.30 bits per heavy atom. The van der Waals surface area contributed by atoms with Gasteiger partial charge in [0.25, 0.3) is 0 Å². The third kappa shape index (κ3) is 5.29. The Kier molecular flexibility index (Phi) is 6.31. The maximum absolute atomic E-state index is 12.9. The Labute approximate surface area is 159 Å². The Morgan fingerprint density at radius 2 is 1.96 bits per heavy atom.